The summed E-state index contributed by atoms with van der Waals surface area (Å²) in [6.07, 6.45) is -88.2. The van der Waals surface area contributed by atoms with E-state index in [1.54, 1.807) is 0 Å². The van der Waals surface area contributed by atoms with Crippen molar-refractivity contribution in [2.45, 2.75) is 297 Å². The number of aryl methyl sites for hydroxylation is 4. The summed E-state index contributed by atoms with van der Waals surface area (Å²) in [6.45, 7) is -10.9. The van der Waals surface area contributed by atoms with Crippen LogP contribution in [0.4, 0.5) is 40.8 Å². The zero-order chi connectivity index (χ0) is 160. The van der Waals surface area contributed by atoms with Gasteiger partial charge in [-0.25, -0.2) is 76.2 Å². The number of anilines is 4. The van der Waals surface area contributed by atoms with Crippen molar-refractivity contribution < 1.29 is 186 Å². The number of aliphatic hydroxyl groups is 12. The maximum Gasteiger partial charge on any atom is 0.191 e. The van der Waals surface area contributed by atoms with E-state index in [1.807, 2.05) is 0 Å². The second-order valence-electron chi connectivity index (χ2n) is 29.5. The highest BCUT2D eigenvalue weighted by Crippen LogP contribution is 2.50. The predicted molar refractivity (Wildman–Crippen MR) is 530 cm³/mol. The smallest absolute Gasteiger partial charge is 0.191 e. The number of thioether (sulfide) groups is 4. The Morgan fingerprint density at radius 3 is 0.840 bits per heavy atom. The number of benzene rings is 4. The first-order valence-electron chi connectivity index (χ1n) is 73.3. The summed E-state index contributed by atoms with van der Waals surface area (Å²) in [5.74, 6) is -16.7. The van der Waals surface area contributed by atoms with E-state index in [2.05, 4.69) is 112 Å². The van der Waals surface area contributed by atoms with Crippen molar-refractivity contribution in [2.75, 3.05) is 96.8 Å². The molecule has 8 aromatic heterocycles. The number of hydrogen-bond acceptors (Lipinski definition) is 40. The van der Waals surface area contributed by atoms with Crippen molar-refractivity contribution in [2.24, 2.45) is 0 Å². The SMILES string of the molecule is [2H]C([2H])(C)C([2H])([2H])Sc1nc(N[C@]2([2H])C([2H])([2H])[C@@]2([2H])c2ccc(C)c(F)c2)c2nnn([C@]3([2H])C([2H])([2H])[C@]([2H])(OC([2H])([2H])C([2H])([2H])O)[C@@]([2H])(O)[C@@]3([2H])O)c2n1.[2H]C([2H])(C)C([2H])([2H])Sc1nc(N[C@]2([2H])C([2H])([2H])[C@@]2([2H])c2ccc(C)c(F)c2)c2nnn([C@]3([2H])C([2H])([2H])[C@]([2H])(OCCO)[C@@]([2H])(O)[C@@]3([2H])O)c2n1.[2H]C([2H])(CO)O[C@@]1([2H])C([2H])([2H])[C@@]([2H])(n2nnc3c(N[C@]4([2H])C([2H])([2H])[C@@]4([2H])c4ccc(C)c(F)c4)nc(SC([2H])([2H])C([2H])([2H])C)nc32)[C@]([2H])(O)[C@]1([2H])O.[2H]C([2H])(O)CO[C@@]1([2H])C([2H])([2H])[C@@]([2H])(n2nnc3c(N[C@]4([2H])C([2H])([2H])[C@@]4([2H])c4ccc(C)c(F)c4)nc(SC([2H])([2H])C([2H])([2H])C)nc32)[C@]([2H])(O)[C@]1([2H])O. The van der Waals surface area contributed by atoms with Gasteiger partial charge in [0.15, 0.2) is 88.6 Å². The molecule has 0 amide bonds. The molecular formula is C96H124F4N24O16S4. The van der Waals surface area contributed by atoms with E-state index in [9.17, 15) is 78.8 Å². The maximum atomic E-state index is 14.6. The largest absolute Gasteiger partial charge is 0.394 e. The van der Waals surface area contributed by atoms with Crippen molar-refractivity contribution in [3.05, 3.63) is 141 Å². The van der Waals surface area contributed by atoms with Gasteiger partial charge in [-0.05, 0) is 147 Å². The summed E-state index contributed by atoms with van der Waals surface area (Å²) in [7, 11) is 0. The van der Waals surface area contributed by atoms with Gasteiger partial charge in [-0.1, -0.05) is 144 Å². The Bertz CT molecular complexity index is 9990. The number of aliphatic hydroxyl groups excluding tert-OH is 2. The molecule has 48 heteroatoms. The highest BCUT2D eigenvalue weighted by molar-refractivity contribution is 7.99. The fraction of sp³-hybridized carbons (Fsp3) is 0.583. The van der Waals surface area contributed by atoms with Gasteiger partial charge in [-0.2, -0.15) is 0 Å². The number of hydrogen-bond donors (Lipinski definition) is 16. The van der Waals surface area contributed by atoms with Gasteiger partial charge in [0.25, 0.3) is 0 Å². The minimum atomic E-state index is -4.48. The zero-order valence-electron chi connectivity index (χ0n) is 139. The number of aromatic nitrogens is 20. The molecule has 144 heavy (non-hydrogen) atoms. The van der Waals surface area contributed by atoms with Crippen LogP contribution in [0, 0.1) is 51.0 Å². The molecule has 8 saturated carbocycles. The lowest BCUT2D eigenvalue weighted by Crippen LogP contribution is -2.33. The van der Waals surface area contributed by atoms with Gasteiger partial charge < -0.3 is 101 Å². The Kier molecular flexibility index (Phi) is 17.1. The second kappa shape index (κ2) is 47.3. The van der Waals surface area contributed by atoms with E-state index in [-0.39, 0.29) is 110 Å². The first-order chi connectivity index (χ1) is 92.7. The lowest BCUT2D eigenvalue weighted by Gasteiger charge is -2.17. The molecule has 8 heterocycles. The van der Waals surface area contributed by atoms with Crippen LogP contribution in [0.3, 0.4) is 0 Å². The number of nitrogens with one attached hydrogen (secondary N) is 4. The molecule has 8 aliphatic rings. The molecule has 0 radical (unpaired) electrons. The molecule has 8 aliphatic carbocycles. The Morgan fingerprint density at radius 2 is 0.604 bits per heavy atom. The van der Waals surface area contributed by atoms with Gasteiger partial charge in [0.1, 0.15) is 71.9 Å². The van der Waals surface area contributed by atoms with Crippen LogP contribution in [-0.4, -0.2) is 334 Å². The van der Waals surface area contributed by atoms with Crippen LogP contribution in [-0.2, 0) is 18.9 Å². The van der Waals surface area contributed by atoms with Crippen LogP contribution in [0.15, 0.2) is 93.4 Å². The highest BCUT2D eigenvalue weighted by Gasteiger charge is 2.51. The van der Waals surface area contributed by atoms with E-state index in [0.717, 1.165) is 52.0 Å². The lowest BCUT2D eigenvalue weighted by molar-refractivity contribution is -0.0629. The molecular weight excluding hydrogens is 1950 g/mol. The normalized spacial score (nSPS) is 50.4. The first-order valence-corrected chi connectivity index (χ1v) is 44.6. The topological polar surface area (TPSA) is 554 Å². The number of fused-ring (bicyclic) bond motifs is 4. The molecule has 8 fully saturated rings. The molecule has 40 nitrogen and oxygen atoms in total. The summed E-state index contributed by atoms with van der Waals surface area (Å²) in [6, 6.07) is -13.7. The van der Waals surface area contributed by atoms with E-state index in [0.29, 0.717) is 0 Å². The number of rotatable bonds is 40. The van der Waals surface area contributed by atoms with E-state index in [4.69, 9.17) is 97.2 Å². The number of ether oxygens (including phenoxy) is 4. The third-order valence-electron chi connectivity index (χ3n) is 20.1. The van der Waals surface area contributed by atoms with Crippen molar-refractivity contribution in [3.8, 4) is 0 Å². The standard InChI is InChI=1S/4C24H31FN6O4S/c4*1-3-8-36-24-27-22(26-16-10-14(16)13-5-4-12(2)15(25)9-13)19-23(28-24)31(30-29-19)17-11-18(35-7-6-32)21(34)20(17)33/h4*4-5,9,14,16-18,20-21,32-34H,3,6-8,10-11H2,1-2H3,(H,26,27,28)/t4*14-,16+,17+,18-,20-,21+/m0000/s1/i3D2,6D2,7D2,8D2,10D2,11D2,14D,16D,17D,18D,20D,21D;3D2,7D2,8D2,10D2,11D2,14D,16D,17D,18D,20D,21D;3D2,6D2,8D2,10D2,11D2,14D,16D,17D,18D,20D,21D;3D2,8D2,10D2,11D2,14D,16D,17D,18D,20D,21D. The number of halogens is 4. The van der Waals surface area contributed by atoms with Gasteiger partial charge in [0, 0.05) is 145 Å². The molecule has 776 valence electrons. The fourth-order valence-electron chi connectivity index (χ4n) is 13.0. The van der Waals surface area contributed by atoms with Gasteiger partial charge in [0.2, 0.25) is 0 Å². The molecule has 0 aliphatic heterocycles. The minimum Gasteiger partial charge on any atom is -0.394 e. The Labute approximate surface area is 933 Å². The van der Waals surface area contributed by atoms with Gasteiger partial charge in [-0.15, -0.1) is 20.4 Å². The molecule has 24 atom stereocenters. The molecule has 0 unspecified atom stereocenters. The average Bonchev–Trinajstić information content (AvgIpc) is 1.49. The Morgan fingerprint density at radius 1 is 0.347 bits per heavy atom. The molecule has 0 bridgehead atoms. The predicted octanol–water partition coefficient (Wildman–Crippen LogP) is 8.73. The quantitative estimate of drug-likeness (QED) is 0.00969. The first kappa shape index (κ1) is 52.1. The lowest BCUT2D eigenvalue weighted by atomic mass is 10.1. The minimum absolute atomic E-state index is 0.0144. The Hall–Kier alpha value is -9.52. The maximum absolute atomic E-state index is 14.6. The van der Waals surface area contributed by atoms with Crippen LogP contribution in [0.2, 0.25) is 0 Å². The molecule has 0 spiro atoms. The van der Waals surface area contributed by atoms with Crippen molar-refractivity contribution >= 4 is 115 Å². The molecule has 16 N–H and O–H groups in total. The summed E-state index contributed by atoms with van der Waals surface area (Å²) in [5.41, 5.74) is -19.0. The third kappa shape index (κ3) is 23.8. The van der Waals surface area contributed by atoms with Crippen LogP contribution < -0.4 is 21.3 Å². The van der Waals surface area contributed by atoms with Crippen molar-refractivity contribution in [1.29, 1.82) is 0 Å². The Balaban J connectivity index is 0.000000179. The van der Waals surface area contributed by atoms with Crippen molar-refractivity contribution in [1.82, 2.24) is 99.8 Å². The summed E-state index contributed by atoms with van der Waals surface area (Å²) < 4.78 is 613. The molecule has 12 aromatic rings. The monoisotopic (exact) mass is 2140 g/mol. The highest BCUT2D eigenvalue weighted by atomic mass is 32.2. The van der Waals surface area contributed by atoms with Crippen molar-refractivity contribution in [3.63, 3.8) is 0 Å². The summed E-state index contributed by atoms with van der Waals surface area (Å²) >= 11 is -0.0735. The summed E-state index contributed by atoms with van der Waals surface area (Å²) in [5, 5.41) is 162. The van der Waals surface area contributed by atoms with Crippen LogP contribution >= 0.6 is 47.0 Å². The van der Waals surface area contributed by atoms with Crippen LogP contribution in [0.5, 0.6) is 0 Å². The third-order valence-corrected chi connectivity index (χ3v) is 22.8. The average molecular weight is 2140 g/mol. The fourth-order valence-corrected chi connectivity index (χ4v) is 14.8. The molecule has 4 aromatic carbocycles. The van der Waals surface area contributed by atoms with Gasteiger partial charge >= 0.3 is 0 Å². The van der Waals surface area contributed by atoms with Gasteiger partial charge in [-0.3, -0.25) is 0 Å². The van der Waals surface area contributed by atoms with Crippen LogP contribution in [0.25, 0.3) is 44.7 Å². The molecule has 0 saturated heterocycles. The zero-order valence-corrected chi connectivity index (χ0v) is 78.1. The van der Waals surface area contributed by atoms with E-state index < -0.39 is 408 Å². The number of nitrogens with zero attached hydrogens (tertiary/aromatic N) is 20. The molecule has 20 rings (SSSR count). The van der Waals surface area contributed by atoms with E-state index >= 15 is 0 Å². The van der Waals surface area contributed by atoms with E-state index in [1.165, 1.54) is 76.2 Å². The summed E-state index contributed by atoms with van der Waals surface area (Å²) in [4.78, 5) is 31.9. The second-order valence-corrected chi connectivity index (χ2v) is 32.6. The van der Waals surface area contributed by atoms with Gasteiger partial charge in [0.05, 0.1) is 139 Å². The van der Waals surface area contributed by atoms with Crippen LogP contribution in [0.1, 0.15) is 284 Å².